The largest absolute Gasteiger partial charge is 0.261 e. The summed E-state index contributed by atoms with van der Waals surface area (Å²) < 4.78 is 14.7. The average Bonchev–Trinajstić information content (AvgIpc) is 2.61. The van der Waals surface area contributed by atoms with Crippen molar-refractivity contribution in [2.24, 2.45) is 0 Å². The molecule has 0 fully saturated rings. The zero-order valence-electron chi connectivity index (χ0n) is 9.15. The quantitative estimate of drug-likeness (QED) is 0.720. The van der Waals surface area contributed by atoms with Crippen LogP contribution in [0.5, 0.6) is 0 Å². The van der Waals surface area contributed by atoms with Crippen molar-refractivity contribution in [3.05, 3.63) is 54.5 Å². The summed E-state index contributed by atoms with van der Waals surface area (Å²) in [5.41, 5.74) is 2.89. The molecule has 82 valence electrons. The Balaban J connectivity index is 2.45. The molecule has 0 aliphatic rings. The molecule has 0 unspecified atom stereocenters. The lowest BCUT2D eigenvalue weighted by Crippen LogP contribution is -1.99. The lowest BCUT2D eigenvalue weighted by molar-refractivity contribution is 0.628. The lowest BCUT2D eigenvalue weighted by atomic mass is 10.1. The van der Waals surface area contributed by atoms with Crippen molar-refractivity contribution in [2.75, 3.05) is 0 Å². The minimum Gasteiger partial charge on any atom is -0.261 e. The minimum atomic E-state index is -0.227. The van der Waals surface area contributed by atoms with Gasteiger partial charge in [0.1, 0.15) is 5.82 Å². The third kappa shape index (κ3) is 2.03. The molecule has 2 aromatic rings. The van der Waals surface area contributed by atoms with Gasteiger partial charge in [-0.3, -0.25) is 4.68 Å². The summed E-state index contributed by atoms with van der Waals surface area (Å²) in [6.07, 6.45) is 1.79. The third-order valence-corrected chi connectivity index (χ3v) is 2.34. The van der Waals surface area contributed by atoms with Crippen LogP contribution in [0.3, 0.4) is 0 Å². The Labute approximate surface area is 94.0 Å². The number of aryl methyl sites for hydroxylation is 1. The van der Waals surface area contributed by atoms with Crippen LogP contribution in [0.1, 0.15) is 5.69 Å². The highest BCUT2D eigenvalue weighted by molar-refractivity contribution is 5.59. The molecule has 1 aromatic carbocycles. The Morgan fingerprint density at radius 3 is 2.69 bits per heavy atom. The predicted molar refractivity (Wildman–Crippen MR) is 62.6 cm³/mol. The van der Waals surface area contributed by atoms with Crippen LogP contribution in [-0.4, -0.2) is 9.78 Å². The van der Waals surface area contributed by atoms with Gasteiger partial charge in [0, 0.05) is 5.56 Å². The van der Waals surface area contributed by atoms with E-state index in [1.54, 1.807) is 18.2 Å². The van der Waals surface area contributed by atoms with Crippen molar-refractivity contribution in [1.82, 2.24) is 9.78 Å². The summed E-state index contributed by atoms with van der Waals surface area (Å²) in [6.45, 7) is 6.28. The van der Waals surface area contributed by atoms with Crippen LogP contribution in [-0.2, 0) is 6.54 Å². The molecular weight excluding hydrogens is 203 g/mol. The molecule has 0 aliphatic heterocycles. The molecule has 0 amide bonds. The summed E-state index contributed by atoms with van der Waals surface area (Å²) in [5.74, 6) is -0.227. The smallest absolute Gasteiger partial charge is 0.123 e. The van der Waals surface area contributed by atoms with Gasteiger partial charge in [-0.1, -0.05) is 6.08 Å². The van der Waals surface area contributed by atoms with E-state index in [0.29, 0.717) is 6.54 Å². The van der Waals surface area contributed by atoms with E-state index in [1.165, 1.54) is 12.1 Å². The molecule has 3 heteroatoms. The first-order chi connectivity index (χ1) is 7.70. The maximum atomic E-state index is 12.8. The molecule has 0 radical (unpaired) electrons. The number of rotatable bonds is 3. The first-order valence-electron chi connectivity index (χ1n) is 5.12. The topological polar surface area (TPSA) is 17.8 Å². The van der Waals surface area contributed by atoms with Crippen LogP contribution in [0.15, 0.2) is 43.0 Å². The van der Waals surface area contributed by atoms with Crippen molar-refractivity contribution in [2.45, 2.75) is 13.5 Å². The highest BCUT2D eigenvalue weighted by Crippen LogP contribution is 2.20. The zero-order chi connectivity index (χ0) is 11.5. The van der Waals surface area contributed by atoms with Gasteiger partial charge in [-0.25, -0.2) is 4.39 Å². The van der Waals surface area contributed by atoms with E-state index in [-0.39, 0.29) is 5.82 Å². The molecule has 2 nitrogen and oxygen atoms in total. The van der Waals surface area contributed by atoms with Gasteiger partial charge in [-0.05, 0) is 37.3 Å². The Morgan fingerprint density at radius 2 is 2.06 bits per heavy atom. The van der Waals surface area contributed by atoms with Gasteiger partial charge in [0.2, 0.25) is 0 Å². The Kier molecular flexibility index (Phi) is 2.86. The Hall–Kier alpha value is -1.90. The minimum absolute atomic E-state index is 0.227. The average molecular weight is 216 g/mol. The normalized spacial score (nSPS) is 10.4. The number of halogens is 1. The fourth-order valence-corrected chi connectivity index (χ4v) is 1.66. The van der Waals surface area contributed by atoms with E-state index in [0.717, 1.165) is 17.0 Å². The SMILES string of the molecule is C=CCn1nc(C)cc1-c1ccc(F)cc1. The van der Waals surface area contributed by atoms with Gasteiger partial charge < -0.3 is 0 Å². The van der Waals surface area contributed by atoms with Crippen molar-refractivity contribution >= 4 is 0 Å². The summed E-state index contributed by atoms with van der Waals surface area (Å²) in [5, 5.41) is 4.35. The fraction of sp³-hybridized carbons (Fsp3) is 0.154. The molecular formula is C13H13FN2. The van der Waals surface area contributed by atoms with Gasteiger partial charge in [0.25, 0.3) is 0 Å². The second-order valence-corrected chi connectivity index (χ2v) is 3.65. The third-order valence-electron chi connectivity index (χ3n) is 2.34. The van der Waals surface area contributed by atoms with Crippen LogP contribution in [0.25, 0.3) is 11.3 Å². The highest BCUT2D eigenvalue weighted by atomic mass is 19.1. The van der Waals surface area contributed by atoms with Crippen LogP contribution < -0.4 is 0 Å². The predicted octanol–water partition coefficient (Wildman–Crippen LogP) is 3.18. The lowest BCUT2D eigenvalue weighted by Gasteiger charge is -2.04. The van der Waals surface area contributed by atoms with Crippen molar-refractivity contribution in [1.29, 1.82) is 0 Å². The molecule has 16 heavy (non-hydrogen) atoms. The maximum Gasteiger partial charge on any atom is 0.123 e. The van der Waals surface area contributed by atoms with Crippen molar-refractivity contribution in [3.8, 4) is 11.3 Å². The summed E-state index contributed by atoms with van der Waals surface area (Å²) >= 11 is 0. The van der Waals surface area contributed by atoms with E-state index in [4.69, 9.17) is 0 Å². The molecule has 0 saturated carbocycles. The molecule has 1 heterocycles. The fourth-order valence-electron chi connectivity index (χ4n) is 1.66. The number of allylic oxidation sites excluding steroid dienone is 1. The van der Waals surface area contributed by atoms with Gasteiger partial charge in [-0.2, -0.15) is 5.10 Å². The summed E-state index contributed by atoms with van der Waals surface area (Å²) in [7, 11) is 0. The van der Waals surface area contributed by atoms with E-state index >= 15 is 0 Å². The number of nitrogens with zero attached hydrogens (tertiary/aromatic N) is 2. The van der Waals surface area contributed by atoms with Gasteiger partial charge in [0.05, 0.1) is 17.9 Å². The summed E-state index contributed by atoms with van der Waals surface area (Å²) in [4.78, 5) is 0. The molecule has 0 bridgehead atoms. The molecule has 0 saturated heterocycles. The Bertz CT molecular complexity index is 497. The number of aromatic nitrogens is 2. The molecule has 0 N–H and O–H groups in total. The molecule has 0 spiro atoms. The van der Waals surface area contributed by atoms with Gasteiger partial charge >= 0.3 is 0 Å². The van der Waals surface area contributed by atoms with Gasteiger partial charge in [0.15, 0.2) is 0 Å². The van der Waals surface area contributed by atoms with Crippen LogP contribution in [0, 0.1) is 12.7 Å². The zero-order valence-corrected chi connectivity index (χ0v) is 9.15. The van der Waals surface area contributed by atoms with Crippen molar-refractivity contribution in [3.63, 3.8) is 0 Å². The Morgan fingerprint density at radius 1 is 1.38 bits per heavy atom. The number of hydrogen-bond acceptors (Lipinski definition) is 1. The first-order valence-corrected chi connectivity index (χ1v) is 5.12. The second kappa shape index (κ2) is 4.31. The first kappa shape index (κ1) is 10.6. The highest BCUT2D eigenvalue weighted by Gasteiger charge is 2.06. The molecule has 0 atom stereocenters. The van der Waals surface area contributed by atoms with E-state index in [9.17, 15) is 4.39 Å². The molecule has 2 rings (SSSR count). The van der Waals surface area contributed by atoms with Crippen LogP contribution >= 0.6 is 0 Å². The van der Waals surface area contributed by atoms with E-state index < -0.39 is 0 Å². The second-order valence-electron chi connectivity index (χ2n) is 3.65. The van der Waals surface area contributed by atoms with E-state index in [2.05, 4.69) is 11.7 Å². The molecule has 0 aliphatic carbocycles. The maximum absolute atomic E-state index is 12.8. The summed E-state index contributed by atoms with van der Waals surface area (Å²) in [6, 6.07) is 8.40. The van der Waals surface area contributed by atoms with Crippen molar-refractivity contribution < 1.29 is 4.39 Å². The van der Waals surface area contributed by atoms with E-state index in [1.807, 2.05) is 17.7 Å². The monoisotopic (exact) mass is 216 g/mol. The van der Waals surface area contributed by atoms with Crippen LogP contribution in [0.2, 0.25) is 0 Å². The standard InChI is InChI=1S/C13H13FN2/c1-3-8-16-13(9-10(2)15-16)11-4-6-12(14)7-5-11/h3-7,9H,1,8H2,2H3. The van der Waals surface area contributed by atoms with Crippen LogP contribution in [0.4, 0.5) is 4.39 Å². The number of benzene rings is 1. The van der Waals surface area contributed by atoms with Gasteiger partial charge in [-0.15, -0.1) is 6.58 Å². The molecule has 1 aromatic heterocycles. The number of hydrogen-bond donors (Lipinski definition) is 0.